The summed E-state index contributed by atoms with van der Waals surface area (Å²) in [5, 5.41) is 3.40. The van der Waals surface area contributed by atoms with Crippen LogP contribution in [0.5, 0.6) is 0 Å². The number of carbonyl (C=O) groups excluding carboxylic acids is 1. The van der Waals surface area contributed by atoms with Crippen LogP contribution < -0.4 is 5.32 Å². The van der Waals surface area contributed by atoms with E-state index in [0.717, 1.165) is 12.3 Å². The second-order valence-corrected chi connectivity index (χ2v) is 5.84. The number of nitrogens with one attached hydrogen (secondary N) is 1. The van der Waals surface area contributed by atoms with E-state index in [2.05, 4.69) is 26.1 Å². The van der Waals surface area contributed by atoms with Gasteiger partial charge in [0.1, 0.15) is 0 Å². The molecule has 0 aliphatic carbocycles. The van der Waals surface area contributed by atoms with E-state index in [9.17, 15) is 4.79 Å². The fourth-order valence-electron chi connectivity index (χ4n) is 1.89. The monoisotopic (exact) mass is 228 g/mol. The van der Waals surface area contributed by atoms with Crippen molar-refractivity contribution in [3.8, 4) is 0 Å². The number of likely N-dealkylation sites (N-methyl/N-ethyl adjacent to an activating group) is 1. The molecule has 0 aromatic heterocycles. The SMILES string of the molecule is CC(C)CCC(C)NC(C)(C)C(=O)N(C)C. The van der Waals surface area contributed by atoms with Crippen LogP contribution in [0.25, 0.3) is 0 Å². The third kappa shape index (κ3) is 5.50. The van der Waals surface area contributed by atoms with Gasteiger partial charge in [0.05, 0.1) is 5.54 Å². The normalized spacial score (nSPS) is 14.0. The Morgan fingerprint density at radius 1 is 1.19 bits per heavy atom. The number of carbonyl (C=O) groups is 1. The van der Waals surface area contributed by atoms with Crippen LogP contribution in [0.1, 0.15) is 47.5 Å². The molecule has 1 N–H and O–H groups in total. The van der Waals surface area contributed by atoms with Gasteiger partial charge in [-0.3, -0.25) is 4.79 Å². The molecule has 0 bridgehead atoms. The third-order valence-corrected chi connectivity index (χ3v) is 2.73. The van der Waals surface area contributed by atoms with E-state index in [-0.39, 0.29) is 5.91 Å². The maximum absolute atomic E-state index is 11.9. The first kappa shape index (κ1) is 15.4. The van der Waals surface area contributed by atoms with E-state index in [1.807, 2.05) is 13.8 Å². The van der Waals surface area contributed by atoms with Crippen LogP contribution in [-0.2, 0) is 4.79 Å². The largest absolute Gasteiger partial charge is 0.347 e. The molecule has 0 aliphatic heterocycles. The Bertz CT molecular complexity index is 222. The molecule has 1 atom stereocenters. The number of amides is 1. The molecule has 1 amide bonds. The van der Waals surface area contributed by atoms with Crippen molar-refractivity contribution in [1.29, 1.82) is 0 Å². The van der Waals surface area contributed by atoms with Crippen molar-refractivity contribution in [2.45, 2.75) is 59.0 Å². The number of nitrogens with zero attached hydrogens (tertiary/aromatic N) is 1. The van der Waals surface area contributed by atoms with Gasteiger partial charge in [0, 0.05) is 20.1 Å². The summed E-state index contributed by atoms with van der Waals surface area (Å²) in [6, 6.07) is 0.376. The smallest absolute Gasteiger partial charge is 0.241 e. The molecular formula is C13H28N2O. The lowest BCUT2D eigenvalue weighted by Crippen LogP contribution is -2.55. The molecule has 0 radical (unpaired) electrons. The topological polar surface area (TPSA) is 32.3 Å². The first-order valence-corrected chi connectivity index (χ1v) is 6.16. The predicted molar refractivity (Wildman–Crippen MR) is 69.4 cm³/mol. The third-order valence-electron chi connectivity index (χ3n) is 2.73. The van der Waals surface area contributed by atoms with Gasteiger partial charge in [-0.15, -0.1) is 0 Å². The number of hydrogen-bond acceptors (Lipinski definition) is 2. The van der Waals surface area contributed by atoms with E-state index in [0.29, 0.717) is 6.04 Å². The van der Waals surface area contributed by atoms with Gasteiger partial charge < -0.3 is 10.2 Å². The number of hydrogen-bond donors (Lipinski definition) is 1. The highest BCUT2D eigenvalue weighted by molar-refractivity contribution is 5.85. The zero-order valence-corrected chi connectivity index (χ0v) is 11.9. The van der Waals surface area contributed by atoms with E-state index in [1.165, 1.54) is 6.42 Å². The molecule has 0 saturated carbocycles. The van der Waals surface area contributed by atoms with Gasteiger partial charge in [-0.25, -0.2) is 0 Å². The van der Waals surface area contributed by atoms with Crippen molar-refractivity contribution in [3.05, 3.63) is 0 Å². The molecule has 16 heavy (non-hydrogen) atoms. The van der Waals surface area contributed by atoms with Gasteiger partial charge in [0.2, 0.25) is 5.91 Å². The summed E-state index contributed by atoms with van der Waals surface area (Å²) in [5.74, 6) is 0.848. The molecule has 0 aromatic carbocycles. The molecule has 0 aliphatic rings. The minimum atomic E-state index is -0.472. The summed E-state index contributed by atoms with van der Waals surface area (Å²) in [7, 11) is 3.59. The maximum atomic E-state index is 11.9. The minimum absolute atomic E-state index is 0.129. The highest BCUT2D eigenvalue weighted by Crippen LogP contribution is 2.12. The average molecular weight is 228 g/mol. The van der Waals surface area contributed by atoms with Crippen LogP contribution in [0.3, 0.4) is 0 Å². The highest BCUT2D eigenvalue weighted by atomic mass is 16.2. The maximum Gasteiger partial charge on any atom is 0.241 e. The molecular weight excluding hydrogens is 200 g/mol. The zero-order valence-electron chi connectivity index (χ0n) is 11.9. The standard InChI is InChI=1S/C13H28N2O/c1-10(2)8-9-11(3)14-13(4,5)12(16)15(6)7/h10-11,14H,8-9H2,1-7H3. The molecule has 0 fully saturated rings. The molecule has 0 saturated heterocycles. The minimum Gasteiger partial charge on any atom is -0.347 e. The lowest BCUT2D eigenvalue weighted by Gasteiger charge is -2.31. The predicted octanol–water partition coefficient (Wildman–Crippen LogP) is 2.27. The van der Waals surface area contributed by atoms with Gasteiger partial charge in [-0.1, -0.05) is 13.8 Å². The van der Waals surface area contributed by atoms with Crippen molar-refractivity contribution in [1.82, 2.24) is 10.2 Å². The number of rotatable bonds is 6. The summed E-state index contributed by atoms with van der Waals surface area (Å²) in [5.41, 5.74) is -0.472. The Balaban J connectivity index is 4.19. The van der Waals surface area contributed by atoms with Crippen molar-refractivity contribution in [3.63, 3.8) is 0 Å². The Morgan fingerprint density at radius 2 is 1.69 bits per heavy atom. The quantitative estimate of drug-likeness (QED) is 0.756. The molecule has 96 valence electrons. The first-order chi connectivity index (χ1) is 7.16. The highest BCUT2D eigenvalue weighted by Gasteiger charge is 2.29. The van der Waals surface area contributed by atoms with Crippen molar-refractivity contribution >= 4 is 5.91 Å². The Labute approximate surface area is 101 Å². The summed E-state index contributed by atoms with van der Waals surface area (Å²) in [4.78, 5) is 13.5. The van der Waals surface area contributed by atoms with Gasteiger partial charge >= 0.3 is 0 Å². The lowest BCUT2D eigenvalue weighted by molar-refractivity contribution is -0.134. The van der Waals surface area contributed by atoms with Crippen molar-refractivity contribution in [2.75, 3.05) is 14.1 Å². The molecule has 0 aromatic rings. The molecule has 1 unspecified atom stereocenters. The Morgan fingerprint density at radius 3 is 2.06 bits per heavy atom. The van der Waals surface area contributed by atoms with Crippen molar-refractivity contribution < 1.29 is 4.79 Å². The molecule has 0 heterocycles. The summed E-state index contributed by atoms with van der Waals surface area (Å²) < 4.78 is 0. The van der Waals surface area contributed by atoms with Gasteiger partial charge in [0.15, 0.2) is 0 Å². The fraction of sp³-hybridized carbons (Fsp3) is 0.923. The van der Waals surface area contributed by atoms with Crippen LogP contribution >= 0.6 is 0 Å². The summed E-state index contributed by atoms with van der Waals surface area (Å²) in [6.45, 7) is 10.5. The van der Waals surface area contributed by atoms with Crippen molar-refractivity contribution in [2.24, 2.45) is 5.92 Å². The second kappa shape index (κ2) is 6.24. The van der Waals surface area contributed by atoms with E-state index < -0.39 is 5.54 Å². The van der Waals surface area contributed by atoms with E-state index in [1.54, 1.807) is 19.0 Å². The lowest BCUT2D eigenvalue weighted by atomic mass is 9.99. The van der Waals surface area contributed by atoms with E-state index >= 15 is 0 Å². The summed E-state index contributed by atoms with van der Waals surface area (Å²) >= 11 is 0. The van der Waals surface area contributed by atoms with Gasteiger partial charge in [0.25, 0.3) is 0 Å². The van der Waals surface area contributed by atoms with Crippen LogP contribution in [0.2, 0.25) is 0 Å². The van der Waals surface area contributed by atoms with Crippen LogP contribution in [-0.4, -0.2) is 36.5 Å². The fourth-order valence-corrected chi connectivity index (χ4v) is 1.89. The summed E-state index contributed by atoms with van der Waals surface area (Å²) in [6.07, 6.45) is 2.31. The second-order valence-electron chi connectivity index (χ2n) is 5.84. The van der Waals surface area contributed by atoms with E-state index in [4.69, 9.17) is 0 Å². The average Bonchev–Trinajstić information content (AvgIpc) is 2.12. The molecule has 3 nitrogen and oxygen atoms in total. The molecule has 0 rings (SSSR count). The van der Waals surface area contributed by atoms with Crippen LogP contribution in [0, 0.1) is 5.92 Å². The Hall–Kier alpha value is -0.570. The first-order valence-electron chi connectivity index (χ1n) is 6.16. The van der Waals surface area contributed by atoms with Crippen LogP contribution in [0.4, 0.5) is 0 Å². The van der Waals surface area contributed by atoms with Gasteiger partial charge in [-0.2, -0.15) is 0 Å². The molecule has 3 heteroatoms. The van der Waals surface area contributed by atoms with Gasteiger partial charge in [-0.05, 0) is 39.5 Å². The Kier molecular flexibility index (Phi) is 6.01. The van der Waals surface area contributed by atoms with Crippen LogP contribution in [0.15, 0.2) is 0 Å². The zero-order chi connectivity index (χ0) is 12.9. The molecule has 0 spiro atoms.